The van der Waals surface area contributed by atoms with Crippen LogP contribution in [-0.4, -0.2) is 38.5 Å². The van der Waals surface area contributed by atoms with Crippen molar-refractivity contribution in [1.82, 2.24) is 19.5 Å². The third-order valence-electron chi connectivity index (χ3n) is 6.00. The number of carbonyl (C=O) groups is 1. The van der Waals surface area contributed by atoms with Gasteiger partial charge in [-0.15, -0.1) is 0 Å². The average molecular weight is 414 g/mol. The standard InChI is InChI=1S/C22H21F3N4O/c23-22(24,25)20-16-10-9-14-7-3-4-8-15(14)19(16)26-18-13-17(27-29(18)20)21(30)28-11-5-1-2-6-12-28/h3-4,7-8,13H,1-2,5-6,9-12H2. The quantitative estimate of drug-likeness (QED) is 0.588. The molecule has 5 rings (SSSR count). The number of benzene rings is 1. The fourth-order valence-corrected chi connectivity index (χ4v) is 4.56. The van der Waals surface area contributed by atoms with Crippen LogP contribution in [-0.2, 0) is 19.0 Å². The van der Waals surface area contributed by atoms with Gasteiger partial charge in [0.25, 0.3) is 5.91 Å². The van der Waals surface area contributed by atoms with Gasteiger partial charge in [-0.05, 0) is 31.2 Å². The third kappa shape index (κ3) is 3.14. The summed E-state index contributed by atoms with van der Waals surface area (Å²) in [6, 6.07) is 8.79. The molecule has 1 aliphatic carbocycles. The van der Waals surface area contributed by atoms with E-state index in [9.17, 15) is 18.0 Å². The van der Waals surface area contributed by atoms with Crippen LogP contribution in [0.15, 0.2) is 30.3 Å². The highest BCUT2D eigenvalue weighted by Crippen LogP contribution is 2.40. The van der Waals surface area contributed by atoms with Crippen molar-refractivity contribution in [2.75, 3.05) is 13.1 Å². The summed E-state index contributed by atoms with van der Waals surface area (Å²) in [7, 11) is 0. The summed E-state index contributed by atoms with van der Waals surface area (Å²) < 4.78 is 43.2. The lowest BCUT2D eigenvalue weighted by Crippen LogP contribution is -2.32. The van der Waals surface area contributed by atoms with E-state index in [1.54, 1.807) is 17.0 Å². The Labute approximate surface area is 171 Å². The summed E-state index contributed by atoms with van der Waals surface area (Å²) >= 11 is 0. The van der Waals surface area contributed by atoms with Crippen molar-refractivity contribution in [2.24, 2.45) is 0 Å². The second kappa shape index (κ2) is 7.11. The average Bonchev–Trinajstić information content (AvgIpc) is 2.95. The number of rotatable bonds is 1. The van der Waals surface area contributed by atoms with E-state index in [1.165, 1.54) is 6.07 Å². The number of aromatic nitrogens is 3. The van der Waals surface area contributed by atoms with Crippen LogP contribution in [0.2, 0.25) is 0 Å². The van der Waals surface area contributed by atoms with Gasteiger partial charge in [0.05, 0.1) is 5.69 Å². The lowest BCUT2D eigenvalue weighted by Gasteiger charge is -2.23. The van der Waals surface area contributed by atoms with Crippen LogP contribution in [0.1, 0.15) is 53.0 Å². The molecule has 1 saturated heterocycles. The predicted octanol–water partition coefficient (Wildman–Crippen LogP) is 4.53. The van der Waals surface area contributed by atoms with Gasteiger partial charge in [-0.2, -0.15) is 18.3 Å². The van der Waals surface area contributed by atoms with E-state index in [2.05, 4.69) is 10.1 Å². The summed E-state index contributed by atoms with van der Waals surface area (Å²) in [6.07, 6.45) is 0.0559. The molecule has 3 heterocycles. The fraction of sp³-hybridized carbons (Fsp3) is 0.409. The van der Waals surface area contributed by atoms with Crippen molar-refractivity contribution in [3.63, 3.8) is 0 Å². The molecule has 0 atom stereocenters. The molecule has 1 aliphatic heterocycles. The van der Waals surface area contributed by atoms with E-state index in [1.807, 2.05) is 12.1 Å². The topological polar surface area (TPSA) is 50.5 Å². The number of aryl methyl sites for hydroxylation is 1. The fourth-order valence-electron chi connectivity index (χ4n) is 4.56. The van der Waals surface area contributed by atoms with Crippen LogP contribution in [0.3, 0.4) is 0 Å². The molecule has 1 fully saturated rings. The Kier molecular flexibility index (Phi) is 4.52. The maximum Gasteiger partial charge on any atom is 0.433 e. The number of nitrogens with zero attached hydrogens (tertiary/aromatic N) is 4. The summed E-state index contributed by atoms with van der Waals surface area (Å²) in [4.78, 5) is 19.2. The molecule has 1 amide bonds. The van der Waals surface area contributed by atoms with Crippen LogP contribution in [0.5, 0.6) is 0 Å². The summed E-state index contributed by atoms with van der Waals surface area (Å²) in [5.74, 6) is -0.325. The number of amides is 1. The van der Waals surface area contributed by atoms with Gasteiger partial charge in [0, 0.05) is 30.3 Å². The number of likely N-dealkylation sites (tertiary alicyclic amines) is 1. The van der Waals surface area contributed by atoms with E-state index < -0.39 is 11.9 Å². The van der Waals surface area contributed by atoms with Crippen LogP contribution in [0.4, 0.5) is 13.2 Å². The van der Waals surface area contributed by atoms with Crippen LogP contribution >= 0.6 is 0 Å². The van der Waals surface area contributed by atoms with Crippen LogP contribution in [0.25, 0.3) is 16.9 Å². The van der Waals surface area contributed by atoms with Gasteiger partial charge in [0.15, 0.2) is 17.0 Å². The van der Waals surface area contributed by atoms with Gasteiger partial charge in [0.1, 0.15) is 0 Å². The van der Waals surface area contributed by atoms with Gasteiger partial charge in [-0.1, -0.05) is 37.1 Å². The first kappa shape index (κ1) is 19.1. The minimum Gasteiger partial charge on any atom is -0.337 e. The molecule has 1 aromatic carbocycles. The molecule has 2 aromatic heterocycles. The molecule has 0 unspecified atom stereocenters. The Morgan fingerprint density at radius 1 is 1.00 bits per heavy atom. The number of carbonyl (C=O) groups excluding carboxylic acids is 1. The summed E-state index contributed by atoms with van der Waals surface area (Å²) in [6.45, 7) is 1.21. The van der Waals surface area contributed by atoms with Gasteiger partial charge in [-0.3, -0.25) is 4.79 Å². The van der Waals surface area contributed by atoms with Gasteiger partial charge < -0.3 is 4.90 Å². The van der Waals surface area contributed by atoms with Crippen molar-refractivity contribution in [2.45, 2.75) is 44.7 Å². The van der Waals surface area contributed by atoms with E-state index in [-0.39, 0.29) is 29.2 Å². The molecular formula is C22H21F3N4O. The van der Waals surface area contributed by atoms with E-state index in [0.717, 1.165) is 35.8 Å². The molecular weight excluding hydrogens is 393 g/mol. The van der Waals surface area contributed by atoms with Crippen molar-refractivity contribution < 1.29 is 18.0 Å². The van der Waals surface area contributed by atoms with Crippen molar-refractivity contribution in [1.29, 1.82) is 0 Å². The molecule has 3 aromatic rings. The van der Waals surface area contributed by atoms with Crippen molar-refractivity contribution >= 4 is 11.6 Å². The highest BCUT2D eigenvalue weighted by molar-refractivity contribution is 5.93. The van der Waals surface area contributed by atoms with Crippen molar-refractivity contribution in [3.8, 4) is 11.3 Å². The Morgan fingerprint density at radius 3 is 2.47 bits per heavy atom. The van der Waals surface area contributed by atoms with Crippen molar-refractivity contribution in [3.05, 3.63) is 52.8 Å². The molecule has 0 bridgehead atoms. The van der Waals surface area contributed by atoms with Gasteiger partial charge >= 0.3 is 6.18 Å². The summed E-state index contributed by atoms with van der Waals surface area (Å²) in [5, 5.41) is 4.09. The molecule has 0 saturated carbocycles. The van der Waals surface area contributed by atoms with Crippen LogP contribution in [0, 0.1) is 0 Å². The van der Waals surface area contributed by atoms with Crippen LogP contribution < -0.4 is 0 Å². The minimum atomic E-state index is -4.60. The first-order valence-electron chi connectivity index (χ1n) is 10.3. The Morgan fingerprint density at radius 2 is 1.73 bits per heavy atom. The third-order valence-corrected chi connectivity index (χ3v) is 6.00. The number of hydrogen-bond acceptors (Lipinski definition) is 3. The minimum absolute atomic E-state index is 0.0190. The molecule has 156 valence electrons. The largest absolute Gasteiger partial charge is 0.433 e. The molecule has 0 N–H and O–H groups in total. The lowest BCUT2D eigenvalue weighted by atomic mass is 9.88. The number of halogens is 3. The number of alkyl halides is 3. The maximum absolute atomic E-state index is 14.1. The predicted molar refractivity (Wildman–Crippen MR) is 105 cm³/mol. The zero-order valence-electron chi connectivity index (χ0n) is 16.4. The molecule has 2 aliphatic rings. The Balaban J connectivity index is 1.68. The molecule has 5 nitrogen and oxygen atoms in total. The maximum atomic E-state index is 14.1. The van der Waals surface area contributed by atoms with E-state index >= 15 is 0 Å². The second-order valence-corrected chi connectivity index (χ2v) is 7.95. The van der Waals surface area contributed by atoms with Gasteiger partial charge in [-0.25, -0.2) is 9.50 Å². The molecule has 30 heavy (non-hydrogen) atoms. The number of hydrogen-bond donors (Lipinski definition) is 0. The van der Waals surface area contributed by atoms with E-state index in [0.29, 0.717) is 30.8 Å². The van der Waals surface area contributed by atoms with E-state index in [4.69, 9.17) is 0 Å². The second-order valence-electron chi connectivity index (χ2n) is 7.95. The first-order chi connectivity index (χ1) is 14.4. The molecule has 0 spiro atoms. The highest BCUT2D eigenvalue weighted by Gasteiger charge is 2.40. The molecule has 0 radical (unpaired) electrons. The number of fused-ring (bicyclic) bond motifs is 4. The molecule has 8 heteroatoms. The normalized spacial score (nSPS) is 16.8. The Hall–Kier alpha value is -2.90. The monoisotopic (exact) mass is 414 g/mol. The Bertz CT molecular complexity index is 1130. The first-order valence-corrected chi connectivity index (χ1v) is 10.3. The van der Waals surface area contributed by atoms with Gasteiger partial charge in [0.2, 0.25) is 0 Å². The summed E-state index contributed by atoms with van der Waals surface area (Å²) in [5.41, 5.74) is 1.42. The lowest BCUT2D eigenvalue weighted by molar-refractivity contribution is -0.143. The zero-order chi connectivity index (χ0) is 20.9. The highest BCUT2D eigenvalue weighted by atomic mass is 19.4. The SMILES string of the molecule is O=C(c1cc2nc3c(c(C(F)(F)F)n2n1)CCc1ccccc1-3)N1CCCCCC1. The smallest absolute Gasteiger partial charge is 0.337 e. The zero-order valence-corrected chi connectivity index (χ0v) is 16.4.